The Morgan fingerprint density at radius 1 is 1.20 bits per heavy atom. The molecule has 3 heterocycles. The molecule has 3 nitrogen and oxygen atoms in total. The lowest BCUT2D eigenvalue weighted by atomic mass is 9.86. The lowest BCUT2D eigenvalue weighted by molar-refractivity contribution is 0.234. The van der Waals surface area contributed by atoms with Crippen LogP contribution in [0.5, 0.6) is 5.75 Å². The smallest absolute Gasteiger partial charge is 0.128 e. The third kappa shape index (κ3) is 1.50. The molecule has 2 aromatic rings. The molecule has 104 valence electrons. The Labute approximate surface area is 119 Å². The van der Waals surface area contributed by atoms with E-state index in [1.807, 2.05) is 0 Å². The van der Waals surface area contributed by atoms with E-state index in [4.69, 9.17) is 4.74 Å². The highest BCUT2D eigenvalue weighted by atomic mass is 16.5. The molecule has 0 N–H and O–H groups in total. The number of methoxy groups -OCH3 is 1. The summed E-state index contributed by atoms with van der Waals surface area (Å²) in [5.41, 5.74) is 4.19. The molecule has 2 aliphatic heterocycles. The molecule has 4 rings (SSSR count). The molecule has 2 aliphatic rings. The van der Waals surface area contributed by atoms with Gasteiger partial charge in [0.1, 0.15) is 5.75 Å². The molecule has 3 heteroatoms. The summed E-state index contributed by atoms with van der Waals surface area (Å²) >= 11 is 0. The average Bonchev–Trinajstić information content (AvgIpc) is 2.85. The molecule has 0 fully saturated rings. The second-order valence-corrected chi connectivity index (χ2v) is 6.10. The fraction of sp³-hybridized carbons (Fsp3) is 0.412. The Balaban J connectivity index is 2.00. The molecule has 20 heavy (non-hydrogen) atoms. The van der Waals surface area contributed by atoms with Crippen molar-refractivity contribution in [1.29, 1.82) is 0 Å². The van der Waals surface area contributed by atoms with Crippen LogP contribution in [0.25, 0.3) is 16.5 Å². The molecule has 0 radical (unpaired) electrons. The SMILES string of the molecule is COc1ccc2c3c1ccn3C[C@@H]1C2=C[C@@H](C)CN1C. The molecular weight excluding hydrogens is 248 g/mol. The van der Waals surface area contributed by atoms with Crippen molar-refractivity contribution in [3.63, 3.8) is 0 Å². The summed E-state index contributed by atoms with van der Waals surface area (Å²) in [5, 5.41) is 1.23. The van der Waals surface area contributed by atoms with Gasteiger partial charge in [0.25, 0.3) is 0 Å². The van der Waals surface area contributed by atoms with Crippen molar-refractivity contribution < 1.29 is 4.74 Å². The van der Waals surface area contributed by atoms with Crippen molar-refractivity contribution in [2.45, 2.75) is 19.5 Å². The number of hydrogen-bond acceptors (Lipinski definition) is 2. The summed E-state index contributed by atoms with van der Waals surface area (Å²) in [6.07, 6.45) is 4.65. The first kappa shape index (κ1) is 12.0. The minimum Gasteiger partial charge on any atom is -0.496 e. The Bertz CT molecular complexity index is 713. The van der Waals surface area contributed by atoms with Crippen LogP contribution >= 0.6 is 0 Å². The molecule has 0 spiro atoms. The van der Waals surface area contributed by atoms with Crippen LogP contribution in [0.1, 0.15) is 12.5 Å². The summed E-state index contributed by atoms with van der Waals surface area (Å²) in [7, 11) is 3.99. The van der Waals surface area contributed by atoms with Gasteiger partial charge in [0.05, 0.1) is 18.7 Å². The van der Waals surface area contributed by atoms with Crippen LogP contribution in [-0.2, 0) is 6.54 Å². The van der Waals surface area contributed by atoms with E-state index in [-0.39, 0.29) is 0 Å². The fourth-order valence-corrected chi connectivity index (χ4v) is 3.84. The monoisotopic (exact) mass is 268 g/mol. The molecule has 0 saturated heterocycles. The first-order valence-corrected chi connectivity index (χ1v) is 7.27. The van der Waals surface area contributed by atoms with Crippen LogP contribution in [0.4, 0.5) is 0 Å². The van der Waals surface area contributed by atoms with E-state index in [2.05, 4.69) is 53.9 Å². The Morgan fingerprint density at radius 2 is 2.05 bits per heavy atom. The van der Waals surface area contributed by atoms with E-state index in [9.17, 15) is 0 Å². The van der Waals surface area contributed by atoms with E-state index in [1.54, 1.807) is 7.11 Å². The summed E-state index contributed by atoms with van der Waals surface area (Å²) in [6.45, 7) is 4.48. The number of ether oxygens (including phenoxy) is 1. The lowest BCUT2D eigenvalue weighted by Crippen LogP contribution is -2.43. The molecule has 0 amide bonds. The van der Waals surface area contributed by atoms with Crippen LogP contribution < -0.4 is 4.74 Å². The Kier molecular flexibility index (Phi) is 2.48. The van der Waals surface area contributed by atoms with Crippen molar-refractivity contribution in [3.8, 4) is 5.75 Å². The highest BCUT2D eigenvalue weighted by Gasteiger charge is 2.32. The molecule has 1 aromatic carbocycles. The summed E-state index contributed by atoms with van der Waals surface area (Å²) < 4.78 is 7.88. The van der Waals surface area contributed by atoms with Gasteiger partial charge in [-0.25, -0.2) is 0 Å². The molecule has 2 atom stereocenters. The minimum absolute atomic E-state index is 0.502. The lowest BCUT2D eigenvalue weighted by Gasteiger charge is -2.39. The van der Waals surface area contributed by atoms with E-state index >= 15 is 0 Å². The summed E-state index contributed by atoms with van der Waals surface area (Å²) in [5.74, 6) is 1.59. The van der Waals surface area contributed by atoms with E-state index < -0.39 is 0 Å². The predicted molar refractivity (Wildman–Crippen MR) is 82.0 cm³/mol. The maximum absolute atomic E-state index is 5.50. The summed E-state index contributed by atoms with van der Waals surface area (Å²) in [4.78, 5) is 2.49. The Hall–Kier alpha value is -1.74. The van der Waals surface area contributed by atoms with Gasteiger partial charge in [0.15, 0.2) is 0 Å². The highest BCUT2D eigenvalue weighted by molar-refractivity contribution is 5.98. The van der Waals surface area contributed by atoms with Crippen LogP contribution in [0, 0.1) is 5.92 Å². The second-order valence-electron chi connectivity index (χ2n) is 6.10. The predicted octanol–water partition coefficient (Wildman–Crippen LogP) is 3.00. The first-order chi connectivity index (χ1) is 9.69. The second kappa shape index (κ2) is 4.13. The average molecular weight is 268 g/mol. The summed E-state index contributed by atoms with van der Waals surface area (Å²) in [6, 6.07) is 7.01. The minimum atomic E-state index is 0.502. The van der Waals surface area contributed by atoms with Crippen molar-refractivity contribution in [2.24, 2.45) is 5.92 Å². The van der Waals surface area contributed by atoms with Gasteiger partial charge in [-0.2, -0.15) is 0 Å². The van der Waals surface area contributed by atoms with Crippen LogP contribution in [0.2, 0.25) is 0 Å². The van der Waals surface area contributed by atoms with Crippen molar-refractivity contribution >= 4 is 16.5 Å². The van der Waals surface area contributed by atoms with Gasteiger partial charge in [-0.1, -0.05) is 13.0 Å². The van der Waals surface area contributed by atoms with Gasteiger partial charge >= 0.3 is 0 Å². The molecule has 0 aliphatic carbocycles. The molecule has 0 bridgehead atoms. The standard InChI is InChI=1S/C17H20N2O/c1-11-8-14-12-4-5-16(20-3)13-6-7-19(17(12)13)10-15(14)18(2)9-11/h4-8,11,15H,9-10H2,1-3H3/t11-,15-/m1/s1. The Morgan fingerprint density at radius 3 is 2.85 bits per heavy atom. The normalized spacial score (nSPS) is 25.4. The third-order valence-corrected chi connectivity index (χ3v) is 4.72. The van der Waals surface area contributed by atoms with Crippen molar-refractivity contribution in [1.82, 2.24) is 9.47 Å². The maximum Gasteiger partial charge on any atom is 0.128 e. The molecule has 0 unspecified atom stereocenters. The quantitative estimate of drug-likeness (QED) is 0.791. The number of benzene rings is 1. The topological polar surface area (TPSA) is 17.4 Å². The van der Waals surface area contributed by atoms with Crippen molar-refractivity contribution in [2.75, 3.05) is 20.7 Å². The highest BCUT2D eigenvalue weighted by Crippen LogP contribution is 2.41. The number of rotatable bonds is 1. The number of likely N-dealkylation sites (N-methyl/N-ethyl adjacent to an activating group) is 1. The van der Waals surface area contributed by atoms with Crippen LogP contribution in [0.15, 0.2) is 30.5 Å². The molecular formula is C17H20N2O. The van der Waals surface area contributed by atoms with Crippen LogP contribution in [-0.4, -0.2) is 36.2 Å². The van der Waals surface area contributed by atoms with Gasteiger partial charge < -0.3 is 9.30 Å². The largest absolute Gasteiger partial charge is 0.496 e. The first-order valence-electron chi connectivity index (χ1n) is 7.27. The van der Waals surface area contributed by atoms with Gasteiger partial charge in [-0.3, -0.25) is 4.90 Å². The van der Waals surface area contributed by atoms with Crippen molar-refractivity contribution in [3.05, 3.63) is 36.0 Å². The van der Waals surface area contributed by atoms with E-state index in [0.29, 0.717) is 12.0 Å². The van der Waals surface area contributed by atoms with Gasteiger partial charge in [-0.05, 0) is 36.7 Å². The van der Waals surface area contributed by atoms with Gasteiger partial charge in [-0.15, -0.1) is 0 Å². The zero-order valence-electron chi connectivity index (χ0n) is 12.3. The molecule has 0 saturated carbocycles. The fourth-order valence-electron chi connectivity index (χ4n) is 3.84. The zero-order valence-corrected chi connectivity index (χ0v) is 12.3. The van der Waals surface area contributed by atoms with Crippen LogP contribution in [0.3, 0.4) is 0 Å². The zero-order chi connectivity index (χ0) is 13.9. The third-order valence-electron chi connectivity index (χ3n) is 4.72. The molecule has 1 aromatic heterocycles. The number of fused-ring (bicyclic) bond motifs is 2. The van der Waals surface area contributed by atoms with Gasteiger partial charge in [0, 0.05) is 30.2 Å². The van der Waals surface area contributed by atoms with E-state index in [0.717, 1.165) is 18.8 Å². The maximum atomic E-state index is 5.50. The number of hydrogen-bond donors (Lipinski definition) is 0. The van der Waals surface area contributed by atoms with Gasteiger partial charge in [0.2, 0.25) is 0 Å². The van der Waals surface area contributed by atoms with E-state index in [1.165, 1.54) is 22.0 Å². The number of aromatic nitrogens is 1. The number of nitrogens with zero attached hydrogens (tertiary/aromatic N) is 2.